The first-order valence-corrected chi connectivity index (χ1v) is 5.36. The number of para-hydroxylation sites is 1. The summed E-state index contributed by atoms with van der Waals surface area (Å²) in [5, 5.41) is 0. The molecule has 2 rings (SSSR count). The fraction of sp³-hybridized carbons (Fsp3) is 0.462. The molecule has 1 aliphatic rings. The highest BCUT2D eigenvalue weighted by molar-refractivity contribution is 5.93. The standard InChI is InChI=1S/C13H17NO/c1-10(15)13(8-9-13)11-6-4-5-7-12(11)14(2)3/h4-7H,8-9H2,1-3H3. The third-order valence-electron chi connectivity index (χ3n) is 3.33. The highest BCUT2D eigenvalue weighted by atomic mass is 16.1. The van der Waals surface area contributed by atoms with Crippen molar-refractivity contribution < 1.29 is 4.79 Å². The summed E-state index contributed by atoms with van der Waals surface area (Å²) in [5.74, 6) is 0.303. The molecule has 0 radical (unpaired) electrons. The van der Waals surface area contributed by atoms with Gasteiger partial charge >= 0.3 is 0 Å². The molecule has 0 spiro atoms. The van der Waals surface area contributed by atoms with Crippen LogP contribution in [0.4, 0.5) is 5.69 Å². The molecule has 0 amide bonds. The zero-order chi connectivity index (χ0) is 11.1. The molecular formula is C13H17NO. The Kier molecular flexibility index (Phi) is 2.29. The van der Waals surface area contributed by atoms with Crippen LogP contribution in [0, 0.1) is 0 Å². The molecule has 1 aromatic rings. The second-order valence-electron chi connectivity index (χ2n) is 4.55. The van der Waals surface area contributed by atoms with E-state index in [0.717, 1.165) is 12.8 Å². The molecule has 0 N–H and O–H groups in total. The van der Waals surface area contributed by atoms with Crippen molar-refractivity contribution >= 4 is 11.5 Å². The smallest absolute Gasteiger partial charge is 0.140 e. The van der Waals surface area contributed by atoms with Crippen LogP contribution in [-0.4, -0.2) is 19.9 Å². The lowest BCUT2D eigenvalue weighted by molar-refractivity contribution is -0.119. The van der Waals surface area contributed by atoms with Gasteiger partial charge in [-0.1, -0.05) is 18.2 Å². The molecule has 0 saturated heterocycles. The second kappa shape index (κ2) is 3.37. The lowest BCUT2D eigenvalue weighted by Gasteiger charge is -2.22. The van der Waals surface area contributed by atoms with Crippen molar-refractivity contribution in [3.63, 3.8) is 0 Å². The molecule has 0 aliphatic heterocycles. The average molecular weight is 203 g/mol. The van der Waals surface area contributed by atoms with E-state index in [-0.39, 0.29) is 5.41 Å². The van der Waals surface area contributed by atoms with Crippen LogP contribution in [0.2, 0.25) is 0 Å². The Morgan fingerprint density at radius 3 is 2.33 bits per heavy atom. The van der Waals surface area contributed by atoms with Crippen molar-refractivity contribution in [1.82, 2.24) is 0 Å². The van der Waals surface area contributed by atoms with Crippen LogP contribution in [0.25, 0.3) is 0 Å². The number of benzene rings is 1. The molecule has 80 valence electrons. The molecule has 0 atom stereocenters. The predicted octanol–water partition coefficient (Wildman–Crippen LogP) is 2.37. The van der Waals surface area contributed by atoms with E-state index in [9.17, 15) is 4.79 Å². The van der Waals surface area contributed by atoms with Gasteiger partial charge in [-0.05, 0) is 31.4 Å². The van der Waals surface area contributed by atoms with Gasteiger partial charge in [0, 0.05) is 19.8 Å². The summed E-state index contributed by atoms with van der Waals surface area (Å²) in [4.78, 5) is 13.8. The Hall–Kier alpha value is -1.31. The summed E-state index contributed by atoms with van der Waals surface area (Å²) < 4.78 is 0. The summed E-state index contributed by atoms with van der Waals surface area (Å²) in [6.45, 7) is 1.71. The first kappa shape index (κ1) is 10.2. The third kappa shape index (κ3) is 1.54. The maximum absolute atomic E-state index is 11.7. The van der Waals surface area contributed by atoms with E-state index in [2.05, 4.69) is 17.0 Å². The number of anilines is 1. The Labute approximate surface area is 90.9 Å². The molecule has 0 unspecified atom stereocenters. The van der Waals surface area contributed by atoms with Gasteiger partial charge < -0.3 is 4.90 Å². The molecule has 0 heterocycles. The molecule has 2 nitrogen and oxygen atoms in total. The van der Waals surface area contributed by atoms with Crippen molar-refractivity contribution in [1.29, 1.82) is 0 Å². The third-order valence-corrected chi connectivity index (χ3v) is 3.33. The number of carbonyl (C=O) groups is 1. The number of ketones is 1. The van der Waals surface area contributed by atoms with Crippen molar-refractivity contribution in [3.8, 4) is 0 Å². The molecule has 1 fully saturated rings. The second-order valence-corrected chi connectivity index (χ2v) is 4.55. The van der Waals surface area contributed by atoms with Crippen LogP contribution >= 0.6 is 0 Å². The number of Topliss-reactive ketones (excluding diaryl/α,β-unsaturated/α-hetero) is 1. The Bertz CT molecular complexity index is 391. The average Bonchev–Trinajstić information content (AvgIpc) is 2.98. The summed E-state index contributed by atoms with van der Waals surface area (Å²) in [5.41, 5.74) is 2.20. The van der Waals surface area contributed by atoms with Crippen molar-refractivity contribution in [2.24, 2.45) is 0 Å². The monoisotopic (exact) mass is 203 g/mol. The van der Waals surface area contributed by atoms with Crippen LogP contribution in [-0.2, 0) is 10.2 Å². The predicted molar refractivity (Wildman–Crippen MR) is 62.4 cm³/mol. The lowest BCUT2D eigenvalue weighted by Crippen LogP contribution is -2.21. The minimum atomic E-state index is -0.166. The SMILES string of the molecule is CC(=O)C1(c2ccccc2N(C)C)CC1. The van der Waals surface area contributed by atoms with Gasteiger partial charge in [0.15, 0.2) is 0 Å². The Balaban J connectivity index is 2.49. The molecule has 15 heavy (non-hydrogen) atoms. The fourth-order valence-corrected chi connectivity index (χ4v) is 2.20. The van der Waals surface area contributed by atoms with Crippen molar-refractivity contribution in [3.05, 3.63) is 29.8 Å². The topological polar surface area (TPSA) is 20.3 Å². The van der Waals surface area contributed by atoms with Gasteiger partial charge in [0.25, 0.3) is 0 Å². The van der Waals surface area contributed by atoms with Gasteiger partial charge in [0.1, 0.15) is 5.78 Å². The van der Waals surface area contributed by atoms with Gasteiger partial charge in [0.2, 0.25) is 0 Å². The molecule has 0 aromatic heterocycles. The quantitative estimate of drug-likeness (QED) is 0.751. The van der Waals surface area contributed by atoms with E-state index < -0.39 is 0 Å². The largest absolute Gasteiger partial charge is 0.377 e. The van der Waals surface area contributed by atoms with Crippen molar-refractivity contribution in [2.75, 3.05) is 19.0 Å². The van der Waals surface area contributed by atoms with Crippen LogP contribution in [0.5, 0.6) is 0 Å². The summed E-state index contributed by atoms with van der Waals surface area (Å²) in [6.07, 6.45) is 2.01. The van der Waals surface area contributed by atoms with Gasteiger partial charge in [-0.3, -0.25) is 4.79 Å². The van der Waals surface area contributed by atoms with E-state index >= 15 is 0 Å². The number of nitrogens with zero attached hydrogens (tertiary/aromatic N) is 1. The van der Waals surface area contributed by atoms with Crippen LogP contribution in [0.3, 0.4) is 0 Å². The fourth-order valence-electron chi connectivity index (χ4n) is 2.20. The van der Waals surface area contributed by atoms with E-state index in [1.54, 1.807) is 6.92 Å². The van der Waals surface area contributed by atoms with Gasteiger partial charge in [-0.2, -0.15) is 0 Å². The molecule has 1 aromatic carbocycles. The molecule has 1 saturated carbocycles. The number of carbonyl (C=O) groups excluding carboxylic acids is 1. The van der Waals surface area contributed by atoms with E-state index in [4.69, 9.17) is 0 Å². The van der Waals surface area contributed by atoms with E-state index in [1.165, 1.54) is 11.3 Å². The zero-order valence-electron chi connectivity index (χ0n) is 9.58. The van der Waals surface area contributed by atoms with E-state index in [0.29, 0.717) is 5.78 Å². The minimum Gasteiger partial charge on any atom is -0.377 e. The number of hydrogen-bond donors (Lipinski definition) is 0. The maximum Gasteiger partial charge on any atom is 0.140 e. The number of rotatable bonds is 3. The normalized spacial score (nSPS) is 17.3. The Morgan fingerprint density at radius 1 is 1.27 bits per heavy atom. The molecule has 2 heteroatoms. The summed E-state index contributed by atoms with van der Waals surface area (Å²) >= 11 is 0. The van der Waals surface area contributed by atoms with Crippen LogP contribution in [0.1, 0.15) is 25.3 Å². The maximum atomic E-state index is 11.7. The van der Waals surface area contributed by atoms with Gasteiger partial charge in [-0.25, -0.2) is 0 Å². The number of hydrogen-bond acceptors (Lipinski definition) is 2. The van der Waals surface area contributed by atoms with E-state index in [1.807, 2.05) is 26.2 Å². The minimum absolute atomic E-state index is 0.166. The highest BCUT2D eigenvalue weighted by Crippen LogP contribution is 2.51. The van der Waals surface area contributed by atoms with Crippen LogP contribution in [0.15, 0.2) is 24.3 Å². The first-order chi connectivity index (χ1) is 7.08. The van der Waals surface area contributed by atoms with Crippen LogP contribution < -0.4 is 4.90 Å². The molecular weight excluding hydrogens is 186 g/mol. The summed E-state index contributed by atoms with van der Waals surface area (Å²) in [7, 11) is 4.05. The Morgan fingerprint density at radius 2 is 1.87 bits per heavy atom. The van der Waals surface area contributed by atoms with Gasteiger partial charge in [0.05, 0.1) is 5.41 Å². The van der Waals surface area contributed by atoms with Crippen molar-refractivity contribution in [2.45, 2.75) is 25.2 Å². The zero-order valence-corrected chi connectivity index (χ0v) is 9.58. The first-order valence-electron chi connectivity index (χ1n) is 5.36. The lowest BCUT2D eigenvalue weighted by atomic mass is 9.90. The highest BCUT2D eigenvalue weighted by Gasteiger charge is 2.49. The summed E-state index contributed by atoms with van der Waals surface area (Å²) in [6, 6.07) is 8.21. The van der Waals surface area contributed by atoms with Gasteiger partial charge in [-0.15, -0.1) is 0 Å². The molecule has 1 aliphatic carbocycles. The molecule has 0 bridgehead atoms.